The molecule has 11 heteroatoms. The standard InChI is InChI=1S/C13H12BrN5O4S/c1-6(20)16-10-11(22)18-13(19-12(10)23)24-5-9(21)17-8-3-2-7(14)4-15-8/h2-4,10H,5H2,1H3,(H,16,20)(H,15,17,21)(H,18,19,22,23). The number of halogens is 1. The third-order valence-corrected chi connectivity index (χ3v) is 3.98. The number of amidine groups is 1. The van der Waals surface area contributed by atoms with Crippen LogP contribution in [-0.2, 0) is 19.2 Å². The van der Waals surface area contributed by atoms with Crippen LogP contribution in [0.2, 0.25) is 0 Å². The van der Waals surface area contributed by atoms with Crippen LogP contribution in [0.5, 0.6) is 0 Å². The summed E-state index contributed by atoms with van der Waals surface area (Å²) in [7, 11) is 0. The molecule has 0 saturated heterocycles. The van der Waals surface area contributed by atoms with Crippen LogP contribution in [0.3, 0.4) is 0 Å². The summed E-state index contributed by atoms with van der Waals surface area (Å²) in [5.74, 6) is -2.07. The van der Waals surface area contributed by atoms with Crippen molar-refractivity contribution in [2.24, 2.45) is 4.99 Å². The second-order valence-corrected chi connectivity index (χ2v) is 6.46. The molecule has 1 aromatic rings. The van der Waals surface area contributed by atoms with Crippen LogP contribution in [0.25, 0.3) is 0 Å². The molecule has 1 aliphatic rings. The Balaban J connectivity index is 1.88. The molecular weight excluding hydrogens is 402 g/mol. The van der Waals surface area contributed by atoms with Gasteiger partial charge in [-0.3, -0.25) is 19.2 Å². The van der Waals surface area contributed by atoms with Crippen LogP contribution in [0.4, 0.5) is 5.82 Å². The van der Waals surface area contributed by atoms with Gasteiger partial charge in [-0.15, -0.1) is 0 Å². The second kappa shape index (κ2) is 8.02. The van der Waals surface area contributed by atoms with Crippen molar-refractivity contribution < 1.29 is 19.2 Å². The van der Waals surface area contributed by atoms with E-state index in [9.17, 15) is 19.2 Å². The summed E-state index contributed by atoms with van der Waals surface area (Å²) in [6, 6.07) is 2.00. The van der Waals surface area contributed by atoms with Gasteiger partial charge in [0, 0.05) is 17.6 Å². The van der Waals surface area contributed by atoms with Gasteiger partial charge in [-0.25, -0.2) is 4.98 Å². The molecule has 0 spiro atoms. The summed E-state index contributed by atoms with van der Waals surface area (Å²) in [4.78, 5) is 53.9. The molecule has 0 radical (unpaired) electrons. The predicted molar refractivity (Wildman–Crippen MR) is 91.2 cm³/mol. The molecule has 3 N–H and O–H groups in total. The van der Waals surface area contributed by atoms with Crippen molar-refractivity contribution in [3.8, 4) is 0 Å². The van der Waals surface area contributed by atoms with E-state index in [1.165, 1.54) is 13.1 Å². The number of pyridine rings is 1. The monoisotopic (exact) mass is 413 g/mol. The number of amides is 4. The molecular formula is C13H12BrN5O4S. The van der Waals surface area contributed by atoms with E-state index in [1.807, 2.05) is 0 Å². The number of nitrogens with zero attached hydrogens (tertiary/aromatic N) is 2. The van der Waals surface area contributed by atoms with Gasteiger partial charge in [0.1, 0.15) is 5.82 Å². The maximum atomic E-state index is 11.8. The number of nitrogens with one attached hydrogen (secondary N) is 3. The first kappa shape index (κ1) is 18.1. The summed E-state index contributed by atoms with van der Waals surface area (Å²) < 4.78 is 0.779. The van der Waals surface area contributed by atoms with E-state index >= 15 is 0 Å². The summed E-state index contributed by atoms with van der Waals surface area (Å²) in [6.07, 6.45) is 1.54. The predicted octanol–water partition coefficient (Wildman–Crippen LogP) is 0.0329. The minimum absolute atomic E-state index is 0.00511. The molecule has 4 amide bonds. The van der Waals surface area contributed by atoms with Gasteiger partial charge in [0.15, 0.2) is 11.2 Å². The Morgan fingerprint density at radius 2 is 2.12 bits per heavy atom. The molecule has 1 aromatic heterocycles. The Morgan fingerprint density at radius 3 is 2.71 bits per heavy atom. The van der Waals surface area contributed by atoms with Crippen molar-refractivity contribution in [3.05, 3.63) is 22.8 Å². The zero-order valence-electron chi connectivity index (χ0n) is 12.3. The molecule has 0 fully saturated rings. The zero-order valence-corrected chi connectivity index (χ0v) is 14.7. The van der Waals surface area contributed by atoms with E-state index in [1.54, 1.807) is 12.1 Å². The molecule has 1 unspecified atom stereocenters. The molecule has 1 atom stereocenters. The molecule has 2 rings (SSSR count). The van der Waals surface area contributed by atoms with Crippen LogP contribution in [0, 0.1) is 0 Å². The fourth-order valence-corrected chi connectivity index (χ4v) is 2.55. The van der Waals surface area contributed by atoms with Crippen LogP contribution < -0.4 is 16.0 Å². The van der Waals surface area contributed by atoms with E-state index in [0.29, 0.717) is 5.82 Å². The summed E-state index contributed by atoms with van der Waals surface area (Å²) in [5, 5.41) is 7.13. The second-order valence-electron chi connectivity index (χ2n) is 4.58. The summed E-state index contributed by atoms with van der Waals surface area (Å²) in [5.41, 5.74) is 0. The molecule has 0 aliphatic carbocycles. The number of carbonyl (C=O) groups excluding carboxylic acids is 4. The minimum atomic E-state index is -1.34. The lowest BCUT2D eigenvalue weighted by atomic mass is 10.2. The molecule has 24 heavy (non-hydrogen) atoms. The number of rotatable bonds is 4. The van der Waals surface area contributed by atoms with E-state index in [4.69, 9.17) is 0 Å². The lowest BCUT2D eigenvalue weighted by molar-refractivity contribution is -0.134. The third kappa shape index (κ3) is 5.13. The number of aliphatic imine (C=N–C) groups is 1. The first-order valence-electron chi connectivity index (χ1n) is 6.60. The Bertz CT molecular complexity index is 722. The van der Waals surface area contributed by atoms with Crippen molar-refractivity contribution in [1.29, 1.82) is 0 Å². The van der Waals surface area contributed by atoms with Gasteiger partial charge >= 0.3 is 0 Å². The number of aromatic nitrogens is 1. The number of hydrogen-bond acceptors (Lipinski definition) is 6. The minimum Gasteiger partial charge on any atom is -0.337 e. The highest BCUT2D eigenvalue weighted by atomic mass is 79.9. The largest absolute Gasteiger partial charge is 0.337 e. The van der Waals surface area contributed by atoms with E-state index in [2.05, 4.69) is 41.9 Å². The van der Waals surface area contributed by atoms with Gasteiger partial charge in [0.2, 0.25) is 11.8 Å². The molecule has 1 aliphatic heterocycles. The van der Waals surface area contributed by atoms with E-state index in [0.717, 1.165) is 16.2 Å². The zero-order chi connectivity index (χ0) is 17.7. The first-order chi connectivity index (χ1) is 11.3. The van der Waals surface area contributed by atoms with Crippen LogP contribution >= 0.6 is 27.7 Å². The van der Waals surface area contributed by atoms with Gasteiger partial charge in [-0.1, -0.05) is 11.8 Å². The van der Waals surface area contributed by atoms with Crippen molar-refractivity contribution in [2.45, 2.75) is 13.0 Å². The summed E-state index contributed by atoms with van der Waals surface area (Å²) >= 11 is 4.12. The first-order valence-corrected chi connectivity index (χ1v) is 8.37. The van der Waals surface area contributed by atoms with Crippen molar-refractivity contribution in [3.63, 3.8) is 0 Å². The highest BCUT2D eigenvalue weighted by molar-refractivity contribution is 9.10. The van der Waals surface area contributed by atoms with Gasteiger partial charge in [-0.05, 0) is 28.1 Å². The topological polar surface area (TPSA) is 130 Å². The van der Waals surface area contributed by atoms with Gasteiger partial charge in [0.05, 0.1) is 5.75 Å². The Kier molecular flexibility index (Phi) is 6.04. The molecule has 9 nitrogen and oxygen atoms in total. The number of thioether (sulfide) groups is 1. The average molecular weight is 414 g/mol. The lowest BCUT2D eigenvalue weighted by Crippen LogP contribution is -2.54. The average Bonchev–Trinajstić information content (AvgIpc) is 2.51. The maximum Gasteiger partial charge on any atom is 0.280 e. The Labute approximate surface area is 149 Å². The quantitative estimate of drug-likeness (QED) is 0.597. The van der Waals surface area contributed by atoms with E-state index < -0.39 is 23.8 Å². The maximum absolute atomic E-state index is 11.8. The van der Waals surface area contributed by atoms with Gasteiger partial charge in [-0.2, -0.15) is 4.99 Å². The normalized spacial score (nSPS) is 16.9. The van der Waals surface area contributed by atoms with Gasteiger partial charge in [0.25, 0.3) is 11.8 Å². The SMILES string of the molecule is CC(=O)NC1C(=O)N=C(SCC(=O)Nc2ccc(Br)cn2)NC1=O. The van der Waals surface area contributed by atoms with Crippen molar-refractivity contribution >= 4 is 62.3 Å². The molecule has 0 bridgehead atoms. The number of anilines is 1. The summed E-state index contributed by atoms with van der Waals surface area (Å²) in [6.45, 7) is 1.19. The molecule has 0 aromatic carbocycles. The fourth-order valence-electron chi connectivity index (χ4n) is 1.64. The van der Waals surface area contributed by atoms with Crippen molar-refractivity contribution in [2.75, 3.05) is 11.1 Å². The van der Waals surface area contributed by atoms with Crippen LogP contribution in [0.15, 0.2) is 27.8 Å². The van der Waals surface area contributed by atoms with E-state index in [-0.39, 0.29) is 16.8 Å². The third-order valence-electron chi connectivity index (χ3n) is 2.63. The smallest absolute Gasteiger partial charge is 0.280 e. The van der Waals surface area contributed by atoms with Gasteiger partial charge < -0.3 is 16.0 Å². The molecule has 2 heterocycles. The number of hydrogen-bond donors (Lipinski definition) is 3. The Hall–Kier alpha value is -2.27. The van der Waals surface area contributed by atoms with Crippen molar-refractivity contribution in [1.82, 2.24) is 15.6 Å². The molecule has 0 saturated carbocycles. The lowest BCUT2D eigenvalue weighted by Gasteiger charge is -2.19. The van der Waals surface area contributed by atoms with Crippen LogP contribution in [0.1, 0.15) is 6.92 Å². The number of carbonyl (C=O) groups is 4. The Morgan fingerprint density at radius 1 is 1.38 bits per heavy atom. The highest BCUT2D eigenvalue weighted by Crippen LogP contribution is 2.12. The highest BCUT2D eigenvalue weighted by Gasteiger charge is 2.32. The van der Waals surface area contributed by atoms with Crippen LogP contribution in [-0.4, -0.2) is 45.6 Å². The fraction of sp³-hybridized carbons (Fsp3) is 0.231. The molecule has 126 valence electrons.